The van der Waals surface area contributed by atoms with Crippen molar-refractivity contribution in [1.29, 1.82) is 0 Å². The van der Waals surface area contributed by atoms with Gasteiger partial charge >= 0.3 is 92.4 Å². The van der Waals surface area contributed by atoms with Gasteiger partial charge in [0.1, 0.15) is 10.0 Å². The van der Waals surface area contributed by atoms with E-state index < -0.39 is 19.8 Å². The summed E-state index contributed by atoms with van der Waals surface area (Å²) in [5.74, 6) is -0.363. The normalized spacial score (nSPS) is 10.8. The molecule has 0 amide bonds. The summed E-state index contributed by atoms with van der Waals surface area (Å²) in [6.07, 6.45) is 8.85. The van der Waals surface area contributed by atoms with Gasteiger partial charge in [-0.1, -0.05) is 58.0 Å². The number of hydrogen-bond donors (Lipinski definition) is 1. The first-order chi connectivity index (χ1) is 11.8. The molecule has 1 N–H and O–H groups in total. The van der Waals surface area contributed by atoms with E-state index in [1.54, 1.807) is 13.3 Å². The largest absolute Gasteiger partial charge is 0.505 e. The Labute approximate surface area is 185 Å². The molecule has 0 aromatic heterocycles. The minimum Gasteiger partial charge on any atom is -0.505 e. The standard InChI is InChI=1S/C6HCl5O.3C4H9.Sn/c7-1-2(8)4(10)6(12)5(11)3(1)9;3*1-3-4-2;/h12H;3*1,3-4H2,2H3;. The predicted molar refractivity (Wildman–Crippen MR) is 118 cm³/mol. The summed E-state index contributed by atoms with van der Waals surface area (Å²) in [6, 6.07) is 0. The summed E-state index contributed by atoms with van der Waals surface area (Å²) in [4.78, 5) is 0. The zero-order valence-electron chi connectivity index (χ0n) is 15.2. The van der Waals surface area contributed by atoms with Crippen LogP contribution >= 0.6 is 58.0 Å². The molecule has 0 heterocycles. The molecule has 1 aromatic rings. The van der Waals surface area contributed by atoms with Gasteiger partial charge in [-0.3, -0.25) is 0 Å². The van der Waals surface area contributed by atoms with Gasteiger partial charge in [-0.15, -0.1) is 0 Å². The molecule has 1 radical (unpaired) electrons. The van der Waals surface area contributed by atoms with Crippen molar-refractivity contribution in [3.05, 3.63) is 25.1 Å². The van der Waals surface area contributed by atoms with Gasteiger partial charge in [-0.05, 0) is 0 Å². The Morgan fingerprint density at radius 1 is 0.600 bits per heavy atom. The van der Waals surface area contributed by atoms with Gasteiger partial charge in [0, 0.05) is 0 Å². The quantitative estimate of drug-likeness (QED) is 0.183. The number of hydrogen-bond acceptors (Lipinski definition) is 1. The summed E-state index contributed by atoms with van der Waals surface area (Å²) >= 11 is 27.1. The molecule has 1 aromatic carbocycles. The van der Waals surface area contributed by atoms with Gasteiger partial charge in [0.25, 0.3) is 0 Å². The third-order valence-corrected chi connectivity index (χ3v) is 15.2. The number of rotatable bonds is 9. The maximum atomic E-state index is 9.20. The van der Waals surface area contributed by atoms with Crippen LogP contribution in [0.15, 0.2) is 0 Å². The smallest absolute Gasteiger partial charge is 0.155 e. The van der Waals surface area contributed by atoms with Crippen molar-refractivity contribution in [2.75, 3.05) is 0 Å². The number of unbranched alkanes of at least 4 members (excludes halogenated alkanes) is 3. The molecule has 0 fully saturated rings. The first kappa shape index (κ1) is 26.3. The summed E-state index contributed by atoms with van der Waals surface area (Å²) in [6.45, 7) is 7.00. The Hall–Kier alpha value is 1.27. The molecule has 0 aliphatic carbocycles. The third-order valence-electron chi connectivity index (χ3n) is 3.84. The van der Waals surface area contributed by atoms with Gasteiger partial charge in [0.15, 0.2) is 5.75 Å². The molecule has 0 atom stereocenters. The molecule has 0 bridgehead atoms. The van der Waals surface area contributed by atoms with Gasteiger partial charge in [0.2, 0.25) is 0 Å². The Morgan fingerprint density at radius 2 is 0.880 bits per heavy atom. The van der Waals surface area contributed by atoms with Crippen molar-refractivity contribution >= 4 is 77.8 Å². The van der Waals surface area contributed by atoms with Crippen LogP contribution in [0.2, 0.25) is 38.4 Å². The summed E-state index contributed by atoms with van der Waals surface area (Å²) in [5.41, 5.74) is 0. The van der Waals surface area contributed by atoms with E-state index >= 15 is 0 Å². The average molecular weight is 556 g/mol. The van der Waals surface area contributed by atoms with Crippen molar-refractivity contribution in [3.8, 4) is 5.75 Å². The Balaban J connectivity index is 0.000000462. The van der Waals surface area contributed by atoms with E-state index in [-0.39, 0.29) is 30.9 Å². The molecule has 0 aliphatic rings. The van der Waals surface area contributed by atoms with Crippen LogP contribution in [-0.2, 0) is 0 Å². The summed E-state index contributed by atoms with van der Waals surface area (Å²) < 4.78 is 5.04. The fourth-order valence-corrected chi connectivity index (χ4v) is 12.8. The van der Waals surface area contributed by atoms with Crippen LogP contribution in [0.25, 0.3) is 0 Å². The van der Waals surface area contributed by atoms with Crippen LogP contribution in [0.5, 0.6) is 5.75 Å². The van der Waals surface area contributed by atoms with E-state index in [2.05, 4.69) is 20.8 Å². The molecule has 25 heavy (non-hydrogen) atoms. The van der Waals surface area contributed by atoms with Crippen molar-refractivity contribution in [3.63, 3.8) is 0 Å². The molecular formula is C18H28Cl5OSn. The maximum absolute atomic E-state index is 9.20. The molecule has 7 heteroatoms. The molecule has 0 saturated heterocycles. The number of phenols is 1. The Bertz CT molecular complexity index is 387. The van der Waals surface area contributed by atoms with Crippen LogP contribution in [0, 0.1) is 0 Å². The number of phenolic OH excluding ortho intramolecular Hbond substituents is 1. The Morgan fingerprint density at radius 3 is 1.16 bits per heavy atom. The van der Waals surface area contributed by atoms with Crippen LogP contribution in [0.3, 0.4) is 0 Å². The molecule has 0 aliphatic heterocycles. The van der Waals surface area contributed by atoms with Crippen molar-refractivity contribution in [1.82, 2.24) is 0 Å². The molecule has 0 saturated carbocycles. The molecule has 145 valence electrons. The fraction of sp³-hybridized carbons (Fsp3) is 0.667. The van der Waals surface area contributed by atoms with E-state index in [0.717, 1.165) is 0 Å². The van der Waals surface area contributed by atoms with E-state index in [1.807, 2.05) is 0 Å². The number of benzene rings is 1. The van der Waals surface area contributed by atoms with Crippen LogP contribution in [0.4, 0.5) is 0 Å². The minimum absolute atomic E-state index is 0.00904. The van der Waals surface area contributed by atoms with Crippen LogP contribution < -0.4 is 0 Å². The predicted octanol–water partition coefficient (Wildman–Crippen LogP) is 9.54. The zero-order valence-corrected chi connectivity index (χ0v) is 21.8. The Kier molecular flexibility index (Phi) is 16.0. The van der Waals surface area contributed by atoms with Crippen molar-refractivity contribution in [2.45, 2.75) is 72.6 Å². The molecule has 0 spiro atoms. The SMILES string of the molecule is CCC[CH2][Sn]([CH2]CCC)[CH2]CCC.Oc1c(Cl)c(Cl)c(Cl)c(Cl)c1Cl. The van der Waals surface area contributed by atoms with E-state index in [4.69, 9.17) is 58.0 Å². The van der Waals surface area contributed by atoms with Gasteiger partial charge < -0.3 is 5.11 Å². The monoisotopic (exact) mass is 555 g/mol. The van der Waals surface area contributed by atoms with Crippen LogP contribution in [-0.4, -0.2) is 24.9 Å². The van der Waals surface area contributed by atoms with Gasteiger partial charge in [0.05, 0.1) is 15.1 Å². The molecule has 1 nitrogen and oxygen atoms in total. The van der Waals surface area contributed by atoms with Crippen LogP contribution in [0.1, 0.15) is 59.3 Å². The van der Waals surface area contributed by atoms with E-state index in [9.17, 15) is 5.11 Å². The van der Waals surface area contributed by atoms with E-state index in [0.29, 0.717) is 0 Å². The number of halogens is 5. The molecule has 0 unspecified atom stereocenters. The first-order valence-electron chi connectivity index (χ1n) is 8.85. The average Bonchev–Trinajstić information content (AvgIpc) is 2.63. The van der Waals surface area contributed by atoms with Gasteiger partial charge in [-0.25, -0.2) is 0 Å². The van der Waals surface area contributed by atoms with E-state index in [1.165, 1.54) is 38.5 Å². The molecule has 1 rings (SSSR count). The number of aromatic hydroxyl groups is 1. The second-order valence-electron chi connectivity index (χ2n) is 5.98. The second kappa shape index (κ2) is 15.2. The topological polar surface area (TPSA) is 20.2 Å². The maximum Gasteiger partial charge on any atom is 0.155 e. The second-order valence-corrected chi connectivity index (χ2v) is 16.4. The first-order valence-corrected chi connectivity index (χ1v) is 16.8. The fourth-order valence-electron chi connectivity index (χ4n) is 2.25. The van der Waals surface area contributed by atoms with Gasteiger partial charge in [-0.2, -0.15) is 0 Å². The third kappa shape index (κ3) is 9.85. The van der Waals surface area contributed by atoms with Crippen molar-refractivity contribution < 1.29 is 5.11 Å². The summed E-state index contributed by atoms with van der Waals surface area (Å²) in [7, 11) is 0. The summed E-state index contributed by atoms with van der Waals surface area (Å²) in [5, 5.41) is 9.01. The van der Waals surface area contributed by atoms with Crippen molar-refractivity contribution in [2.24, 2.45) is 0 Å². The molecular weight excluding hydrogens is 528 g/mol. The minimum atomic E-state index is -0.839. The zero-order chi connectivity index (χ0) is 19.4.